The van der Waals surface area contributed by atoms with E-state index in [9.17, 15) is 9.90 Å². The lowest BCUT2D eigenvalue weighted by Gasteiger charge is -2.18. The van der Waals surface area contributed by atoms with Crippen molar-refractivity contribution in [3.8, 4) is 0 Å². The van der Waals surface area contributed by atoms with Gasteiger partial charge >= 0.3 is 0 Å². The Morgan fingerprint density at radius 3 is 2.85 bits per heavy atom. The Morgan fingerprint density at radius 2 is 2.15 bits per heavy atom. The highest BCUT2D eigenvalue weighted by Crippen LogP contribution is 2.27. The molecule has 0 radical (unpaired) electrons. The van der Waals surface area contributed by atoms with Crippen LogP contribution in [0.5, 0.6) is 0 Å². The topological polar surface area (TPSA) is 49.3 Å². The smallest absolute Gasteiger partial charge is 0.220 e. The second-order valence-electron chi connectivity index (χ2n) is 5.55. The lowest BCUT2D eigenvalue weighted by atomic mass is 10.0. The van der Waals surface area contributed by atoms with Crippen LogP contribution in [-0.4, -0.2) is 23.7 Å². The molecule has 0 aromatic heterocycles. The summed E-state index contributed by atoms with van der Waals surface area (Å²) < 4.78 is 1.03. The molecule has 1 unspecified atom stereocenters. The number of nitrogens with one attached hydrogen (secondary N) is 1. The summed E-state index contributed by atoms with van der Waals surface area (Å²) in [5.41, 5.74) is 1.14. The Balaban J connectivity index is 1.67. The van der Waals surface area contributed by atoms with Gasteiger partial charge in [-0.15, -0.1) is 0 Å². The number of aliphatic hydroxyl groups is 1. The van der Waals surface area contributed by atoms with Crippen LogP contribution in [0, 0.1) is 5.92 Å². The van der Waals surface area contributed by atoms with Crippen LogP contribution in [0.1, 0.15) is 37.7 Å². The minimum atomic E-state index is -0.382. The number of carbonyl (C=O) groups excluding carboxylic acids is 1. The van der Waals surface area contributed by atoms with Crippen molar-refractivity contribution in [2.24, 2.45) is 5.92 Å². The van der Waals surface area contributed by atoms with Gasteiger partial charge in [-0.1, -0.05) is 40.9 Å². The molecule has 1 aliphatic rings. The van der Waals surface area contributed by atoms with Crippen molar-refractivity contribution < 1.29 is 9.90 Å². The standard InChI is InChI=1S/C16H22BrNO2/c17-14-7-3-4-12(10-14)8-9-16(20)18-11-15(19)13-5-1-2-6-13/h3-4,7,10,13,15,19H,1-2,5-6,8-9,11H2,(H,18,20). The molecular weight excluding hydrogens is 318 g/mol. The molecule has 0 bridgehead atoms. The predicted octanol–water partition coefficient (Wildman–Crippen LogP) is 3.05. The molecule has 1 saturated carbocycles. The van der Waals surface area contributed by atoms with Crippen LogP contribution < -0.4 is 5.32 Å². The molecule has 1 amide bonds. The Bertz CT molecular complexity index is 444. The van der Waals surface area contributed by atoms with Crippen molar-refractivity contribution in [2.45, 2.75) is 44.6 Å². The quantitative estimate of drug-likeness (QED) is 0.836. The van der Waals surface area contributed by atoms with Gasteiger partial charge < -0.3 is 10.4 Å². The fraction of sp³-hybridized carbons (Fsp3) is 0.562. The molecule has 0 spiro atoms. The third-order valence-corrected chi connectivity index (χ3v) is 4.48. The Labute approximate surface area is 128 Å². The summed E-state index contributed by atoms with van der Waals surface area (Å²) >= 11 is 3.42. The molecular formula is C16H22BrNO2. The first-order valence-electron chi connectivity index (χ1n) is 7.34. The van der Waals surface area contributed by atoms with Crippen molar-refractivity contribution in [2.75, 3.05) is 6.54 Å². The van der Waals surface area contributed by atoms with Crippen molar-refractivity contribution in [1.29, 1.82) is 0 Å². The first-order valence-corrected chi connectivity index (χ1v) is 8.13. The molecule has 1 atom stereocenters. The van der Waals surface area contributed by atoms with Gasteiger partial charge in [0.1, 0.15) is 0 Å². The maximum atomic E-state index is 11.8. The number of aryl methyl sites for hydroxylation is 1. The Kier molecular flexibility index (Phi) is 6.05. The summed E-state index contributed by atoms with van der Waals surface area (Å²) in [6.45, 7) is 0.391. The monoisotopic (exact) mass is 339 g/mol. The van der Waals surface area contributed by atoms with Gasteiger partial charge in [0.05, 0.1) is 6.10 Å². The molecule has 3 nitrogen and oxygen atoms in total. The highest BCUT2D eigenvalue weighted by molar-refractivity contribution is 9.10. The number of benzene rings is 1. The van der Waals surface area contributed by atoms with Gasteiger partial charge in [0.25, 0.3) is 0 Å². The summed E-state index contributed by atoms with van der Waals surface area (Å²) in [7, 11) is 0. The number of rotatable bonds is 6. The number of carbonyl (C=O) groups is 1. The van der Waals surface area contributed by atoms with E-state index in [-0.39, 0.29) is 12.0 Å². The van der Waals surface area contributed by atoms with Gasteiger partial charge in [-0.2, -0.15) is 0 Å². The van der Waals surface area contributed by atoms with Crippen LogP contribution in [0.4, 0.5) is 0 Å². The molecule has 1 aliphatic carbocycles. The van der Waals surface area contributed by atoms with Crippen LogP contribution in [0.3, 0.4) is 0 Å². The molecule has 2 rings (SSSR count). The van der Waals surface area contributed by atoms with Crippen LogP contribution in [-0.2, 0) is 11.2 Å². The molecule has 0 saturated heterocycles. The van der Waals surface area contributed by atoms with Crippen molar-refractivity contribution in [1.82, 2.24) is 5.32 Å². The Hall–Kier alpha value is -0.870. The van der Waals surface area contributed by atoms with Gasteiger partial charge in [0.15, 0.2) is 0 Å². The van der Waals surface area contributed by atoms with Gasteiger partial charge in [0, 0.05) is 17.4 Å². The molecule has 4 heteroatoms. The normalized spacial score (nSPS) is 17.1. The number of aliphatic hydroxyl groups excluding tert-OH is 1. The van der Waals surface area contributed by atoms with Crippen LogP contribution >= 0.6 is 15.9 Å². The molecule has 0 aliphatic heterocycles. The van der Waals surface area contributed by atoms with Gasteiger partial charge in [-0.3, -0.25) is 4.79 Å². The first-order chi connectivity index (χ1) is 9.65. The highest BCUT2D eigenvalue weighted by Gasteiger charge is 2.23. The van der Waals surface area contributed by atoms with Crippen LogP contribution in [0.25, 0.3) is 0 Å². The fourth-order valence-corrected chi connectivity index (χ4v) is 3.21. The first kappa shape index (κ1) is 15.5. The van der Waals surface area contributed by atoms with E-state index >= 15 is 0 Å². The largest absolute Gasteiger partial charge is 0.391 e. The van der Waals surface area contributed by atoms with Crippen LogP contribution in [0.2, 0.25) is 0 Å². The average molecular weight is 340 g/mol. The molecule has 2 N–H and O–H groups in total. The Morgan fingerprint density at radius 1 is 1.40 bits per heavy atom. The number of hydrogen-bond acceptors (Lipinski definition) is 2. The zero-order valence-electron chi connectivity index (χ0n) is 11.6. The van der Waals surface area contributed by atoms with Crippen molar-refractivity contribution in [3.05, 3.63) is 34.3 Å². The minimum absolute atomic E-state index is 0.0158. The van der Waals surface area contributed by atoms with Gasteiger partial charge in [0.2, 0.25) is 5.91 Å². The summed E-state index contributed by atoms with van der Waals surface area (Å²) in [4.78, 5) is 11.8. The van der Waals surface area contributed by atoms with Gasteiger partial charge in [-0.25, -0.2) is 0 Å². The highest BCUT2D eigenvalue weighted by atomic mass is 79.9. The SMILES string of the molecule is O=C(CCc1cccc(Br)c1)NCC(O)C1CCCC1. The zero-order chi connectivity index (χ0) is 14.4. The summed E-state index contributed by atoms with van der Waals surface area (Å²) in [5.74, 6) is 0.391. The maximum Gasteiger partial charge on any atom is 0.220 e. The van der Waals surface area contributed by atoms with Gasteiger partial charge in [-0.05, 0) is 42.9 Å². The van der Waals surface area contributed by atoms with E-state index in [2.05, 4.69) is 21.2 Å². The van der Waals surface area contributed by atoms with E-state index in [1.807, 2.05) is 24.3 Å². The number of hydrogen-bond donors (Lipinski definition) is 2. The second kappa shape index (κ2) is 7.79. The lowest BCUT2D eigenvalue weighted by molar-refractivity contribution is -0.121. The van der Waals surface area contributed by atoms with Crippen molar-refractivity contribution >= 4 is 21.8 Å². The lowest BCUT2D eigenvalue weighted by Crippen LogP contribution is -2.35. The number of amides is 1. The summed E-state index contributed by atoms with van der Waals surface area (Å²) in [5, 5.41) is 12.8. The van der Waals surface area contributed by atoms with E-state index in [1.54, 1.807) is 0 Å². The zero-order valence-corrected chi connectivity index (χ0v) is 13.2. The predicted molar refractivity (Wildman–Crippen MR) is 83.4 cm³/mol. The number of halogens is 1. The minimum Gasteiger partial charge on any atom is -0.391 e. The molecule has 110 valence electrons. The summed E-state index contributed by atoms with van der Waals surface area (Å²) in [6, 6.07) is 7.99. The fourth-order valence-electron chi connectivity index (χ4n) is 2.77. The van der Waals surface area contributed by atoms with E-state index < -0.39 is 0 Å². The molecule has 20 heavy (non-hydrogen) atoms. The second-order valence-corrected chi connectivity index (χ2v) is 6.46. The molecule has 1 fully saturated rings. The summed E-state index contributed by atoms with van der Waals surface area (Å²) in [6.07, 6.45) is 5.41. The van der Waals surface area contributed by atoms with Crippen LogP contribution in [0.15, 0.2) is 28.7 Å². The molecule has 1 aromatic rings. The average Bonchev–Trinajstić information content (AvgIpc) is 2.97. The third kappa shape index (κ3) is 4.91. The maximum absolute atomic E-state index is 11.8. The molecule has 1 aromatic carbocycles. The van der Waals surface area contributed by atoms with E-state index in [0.29, 0.717) is 18.9 Å². The van der Waals surface area contributed by atoms with E-state index in [0.717, 1.165) is 29.3 Å². The van der Waals surface area contributed by atoms with E-state index in [1.165, 1.54) is 12.8 Å². The van der Waals surface area contributed by atoms with E-state index in [4.69, 9.17) is 0 Å². The van der Waals surface area contributed by atoms with Crippen molar-refractivity contribution in [3.63, 3.8) is 0 Å². The molecule has 0 heterocycles. The third-order valence-electron chi connectivity index (χ3n) is 3.98.